The number of nitrogens with zero attached hydrogens (tertiary/aromatic N) is 2. The van der Waals surface area contributed by atoms with Gasteiger partial charge in [-0.3, -0.25) is 14.6 Å². The Hall–Kier alpha value is -2.53. The molecule has 0 bridgehead atoms. The summed E-state index contributed by atoms with van der Waals surface area (Å²) in [6, 6.07) is 15.7. The standard InChI is InChI=1S/C20H22N2O3/c1-24-16-8-3-6-14(12-16)19-21-11-5-10-18(21)20(23)22(19)15-7-4-9-17(13-15)25-2/h3-4,6-9,12-13,18-19H,5,10-11H2,1-2H3/t18-,19+/m0/s1. The molecule has 5 heteroatoms. The molecule has 0 unspecified atom stereocenters. The molecule has 0 radical (unpaired) electrons. The Balaban J connectivity index is 1.80. The summed E-state index contributed by atoms with van der Waals surface area (Å²) in [4.78, 5) is 17.3. The number of carbonyl (C=O) groups is 1. The van der Waals surface area contributed by atoms with E-state index in [1.807, 2.05) is 47.4 Å². The molecule has 2 atom stereocenters. The first kappa shape index (κ1) is 16.0. The number of carbonyl (C=O) groups excluding carboxylic acids is 1. The summed E-state index contributed by atoms with van der Waals surface area (Å²) in [5, 5.41) is 0. The highest BCUT2D eigenvalue weighted by Gasteiger charge is 2.49. The molecule has 0 spiro atoms. The van der Waals surface area contributed by atoms with E-state index in [9.17, 15) is 4.79 Å². The molecule has 0 aliphatic carbocycles. The van der Waals surface area contributed by atoms with Gasteiger partial charge in [0.1, 0.15) is 17.7 Å². The SMILES string of the molecule is COc1cccc([C@H]2N(c3cccc(OC)c3)C(=O)[C@@H]3CCCN32)c1. The first-order valence-corrected chi connectivity index (χ1v) is 8.60. The van der Waals surface area contributed by atoms with Crippen LogP contribution in [0.4, 0.5) is 5.69 Å². The van der Waals surface area contributed by atoms with Crippen molar-refractivity contribution in [3.8, 4) is 11.5 Å². The molecule has 25 heavy (non-hydrogen) atoms. The summed E-state index contributed by atoms with van der Waals surface area (Å²) in [6.07, 6.45) is 1.87. The number of hydrogen-bond donors (Lipinski definition) is 0. The van der Waals surface area contributed by atoms with Crippen molar-refractivity contribution in [2.45, 2.75) is 25.0 Å². The maximum Gasteiger partial charge on any atom is 0.246 e. The van der Waals surface area contributed by atoms with Gasteiger partial charge in [0, 0.05) is 18.3 Å². The Bertz CT molecular complexity index is 792. The van der Waals surface area contributed by atoms with E-state index in [2.05, 4.69) is 11.0 Å². The van der Waals surface area contributed by atoms with Gasteiger partial charge in [0.2, 0.25) is 5.91 Å². The second kappa shape index (κ2) is 6.41. The van der Waals surface area contributed by atoms with Crippen molar-refractivity contribution in [1.82, 2.24) is 4.90 Å². The van der Waals surface area contributed by atoms with E-state index in [-0.39, 0.29) is 18.1 Å². The van der Waals surface area contributed by atoms with Crippen LogP contribution < -0.4 is 14.4 Å². The molecular weight excluding hydrogens is 316 g/mol. The van der Waals surface area contributed by atoms with Gasteiger partial charge in [-0.15, -0.1) is 0 Å². The number of fused-ring (bicyclic) bond motifs is 1. The summed E-state index contributed by atoms with van der Waals surface area (Å²) in [5.74, 6) is 1.72. The molecule has 2 aromatic carbocycles. The molecule has 2 aliphatic rings. The van der Waals surface area contributed by atoms with Gasteiger partial charge < -0.3 is 9.47 Å². The Morgan fingerprint density at radius 3 is 2.48 bits per heavy atom. The Morgan fingerprint density at radius 1 is 1.00 bits per heavy atom. The highest BCUT2D eigenvalue weighted by Crippen LogP contribution is 2.43. The van der Waals surface area contributed by atoms with E-state index in [4.69, 9.17) is 9.47 Å². The van der Waals surface area contributed by atoms with Gasteiger partial charge in [-0.2, -0.15) is 0 Å². The molecule has 0 saturated carbocycles. The lowest BCUT2D eigenvalue weighted by Gasteiger charge is -2.30. The van der Waals surface area contributed by atoms with Crippen molar-refractivity contribution in [3.63, 3.8) is 0 Å². The van der Waals surface area contributed by atoms with Crippen LogP contribution in [0.25, 0.3) is 0 Å². The molecule has 130 valence electrons. The van der Waals surface area contributed by atoms with Gasteiger partial charge in [0.15, 0.2) is 0 Å². The summed E-state index contributed by atoms with van der Waals surface area (Å²) < 4.78 is 10.7. The van der Waals surface area contributed by atoms with Crippen molar-refractivity contribution in [2.24, 2.45) is 0 Å². The van der Waals surface area contributed by atoms with Crippen molar-refractivity contribution in [3.05, 3.63) is 54.1 Å². The Kier molecular flexibility index (Phi) is 4.09. The van der Waals surface area contributed by atoms with Crippen LogP contribution in [0.15, 0.2) is 48.5 Å². The smallest absolute Gasteiger partial charge is 0.246 e. The number of benzene rings is 2. The number of methoxy groups -OCH3 is 2. The molecule has 0 aromatic heterocycles. The third kappa shape index (κ3) is 2.65. The molecule has 2 aliphatic heterocycles. The molecular formula is C20H22N2O3. The lowest BCUT2D eigenvalue weighted by molar-refractivity contribution is -0.119. The lowest BCUT2D eigenvalue weighted by Crippen LogP contribution is -2.32. The van der Waals surface area contributed by atoms with Crippen LogP contribution in [-0.4, -0.2) is 37.6 Å². The summed E-state index contributed by atoms with van der Waals surface area (Å²) >= 11 is 0. The normalized spacial score (nSPS) is 23.0. The van der Waals surface area contributed by atoms with Crippen molar-refractivity contribution in [1.29, 1.82) is 0 Å². The van der Waals surface area contributed by atoms with E-state index in [1.54, 1.807) is 14.2 Å². The van der Waals surface area contributed by atoms with E-state index in [0.29, 0.717) is 0 Å². The largest absolute Gasteiger partial charge is 0.497 e. The summed E-state index contributed by atoms with van der Waals surface area (Å²) in [6.45, 7) is 0.929. The van der Waals surface area contributed by atoms with E-state index in [0.717, 1.165) is 42.1 Å². The van der Waals surface area contributed by atoms with E-state index < -0.39 is 0 Å². The number of hydrogen-bond acceptors (Lipinski definition) is 4. The molecule has 0 N–H and O–H groups in total. The van der Waals surface area contributed by atoms with Gasteiger partial charge in [-0.25, -0.2) is 0 Å². The number of anilines is 1. The zero-order valence-electron chi connectivity index (χ0n) is 14.5. The predicted octanol–water partition coefficient (Wildman–Crippen LogP) is 3.21. The summed E-state index contributed by atoms with van der Waals surface area (Å²) in [7, 11) is 3.31. The quantitative estimate of drug-likeness (QED) is 0.858. The van der Waals surface area contributed by atoms with Crippen LogP contribution in [-0.2, 0) is 4.79 Å². The molecule has 2 fully saturated rings. The molecule has 1 amide bonds. The Morgan fingerprint density at radius 2 is 1.72 bits per heavy atom. The minimum absolute atomic E-state index is 0.0394. The van der Waals surface area contributed by atoms with Crippen molar-refractivity contribution < 1.29 is 14.3 Å². The fourth-order valence-corrected chi connectivity index (χ4v) is 3.95. The lowest BCUT2D eigenvalue weighted by atomic mass is 10.1. The number of amides is 1. The first-order chi connectivity index (χ1) is 12.2. The maximum atomic E-state index is 13.1. The van der Waals surface area contributed by atoms with Crippen molar-refractivity contribution in [2.75, 3.05) is 25.7 Å². The summed E-state index contributed by atoms with van der Waals surface area (Å²) in [5.41, 5.74) is 1.94. The second-order valence-corrected chi connectivity index (χ2v) is 6.46. The van der Waals surface area contributed by atoms with Crippen molar-refractivity contribution >= 4 is 11.6 Å². The van der Waals surface area contributed by atoms with Gasteiger partial charge >= 0.3 is 0 Å². The van der Waals surface area contributed by atoms with Gasteiger partial charge in [-0.1, -0.05) is 18.2 Å². The number of ether oxygens (including phenoxy) is 2. The average molecular weight is 338 g/mol. The fourth-order valence-electron chi connectivity index (χ4n) is 3.95. The molecule has 2 heterocycles. The van der Waals surface area contributed by atoms with E-state index in [1.165, 1.54) is 0 Å². The maximum absolute atomic E-state index is 13.1. The average Bonchev–Trinajstić information content (AvgIpc) is 3.24. The monoisotopic (exact) mass is 338 g/mol. The molecule has 2 aromatic rings. The van der Waals surface area contributed by atoms with E-state index >= 15 is 0 Å². The highest BCUT2D eigenvalue weighted by atomic mass is 16.5. The van der Waals surface area contributed by atoms with Gasteiger partial charge in [0.25, 0.3) is 0 Å². The first-order valence-electron chi connectivity index (χ1n) is 8.60. The van der Waals surface area contributed by atoms with Crippen LogP contribution in [0.5, 0.6) is 11.5 Å². The van der Waals surface area contributed by atoms with Crippen LogP contribution >= 0.6 is 0 Å². The van der Waals surface area contributed by atoms with Gasteiger partial charge in [0.05, 0.1) is 20.3 Å². The minimum atomic E-state index is -0.109. The Labute approximate surface area is 147 Å². The van der Waals surface area contributed by atoms with Gasteiger partial charge in [-0.05, 0) is 42.7 Å². The molecule has 2 saturated heterocycles. The minimum Gasteiger partial charge on any atom is -0.497 e. The predicted molar refractivity (Wildman–Crippen MR) is 95.9 cm³/mol. The fraction of sp³-hybridized carbons (Fsp3) is 0.350. The third-order valence-corrected chi connectivity index (χ3v) is 5.10. The topological polar surface area (TPSA) is 42.0 Å². The number of rotatable bonds is 4. The molecule has 4 rings (SSSR count). The van der Waals surface area contributed by atoms with Crippen LogP contribution in [0, 0.1) is 0 Å². The zero-order chi connectivity index (χ0) is 17.4. The molecule has 5 nitrogen and oxygen atoms in total. The third-order valence-electron chi connectivity index (χ3n) is 5.10. The van der Waals surface area contributed by atoms with Crippen LogP contribution in [0.2, 0.25) is 0 Å². The highest BCUT2D eigenvalue weighted by molar-refractivity contribution is 6.00. The van der Waals surface area contributed by atoms with Crippen LogP contribution in [0.1, 0.15) is 24.6 Å². The van der Waals surface area contributed by atoms with Crippen LogP contribution in [0.3, 0.4) is 0 Å². The zero-order valence-corrected chi connectivity index (χ0v) is 14.5. The second-order valence-electron chi connectivity index (χ2n) is 6.46.